The van der Waals surface area contributed by atoms with E-state index >= 15 is 0 Å². The van der Waals surface area contributed by atoms with Crippen LogP contribution in [0.25, 0.3) is 0 Å². The number of nitrogens with one attached hydrogen (secondary N) is 1. The largest absolute Gasteiger partial charge is 0.497 e. The van der Waals surface area contributed by atoms with Gasteiger partial charge in [0, 0.05) is 24.5 Å². The van der Waals surface area contributed by atoms with Crippen LogP contribution in [0, 0.1) is 0 Å². The van der Waals surface area contributed by atoms with Gasteiger partial charge in [0.1, 0.15) is 11.5 Å². The fraction of sp³-hybridized carbons (Fsp3) is 0.333. The highest BCUT2D eigenvalue weighted by Gasteiger charge is 2.01. The van der Waals surface area contributed by atoms with Crippen molar-refractivity contribution in [2.45, 2.75) is 19.9 Å². The molecule has 2 aromatic rings. The van der Waals surface area contributed by atoms with Crippen LogP contribution in [0.4, 0.5) is 0 Å². The number of methoxy groups -OCH3 is 1. The summed E-state index contributed by atoms with van der Waals surface area (Å²) in [5, 5.41) is 3.30. The van der Waals surface area contributed by atoms with Crippen LogP contribution in [0.3, 0.4) is 0 Å². The summed E-state index contributed by atoms with van der Waals surface area (Å²) in [7, 11) is 1.63. The molecule has 0 saturated heterocycles. The number of ether oxygens (including phenoxy) is 2. The van der Waals surface area contributed by atoms with E-state index in [1.165, 1.54) is 0 Å². The molecule has 0 spiro atoms. The maximum Gasteiger partial charge on any atom is 0.321 e. The standard InChI is InChI=1S/C15H19N3O2/c1-3-8-16-9-12-10-17-15(18-11-12)20-14-6-4-13(19-2)5-7-14/h4-7,10-11,16H,3,8-9H2,1-2H3. The van der Waals surface area contributed by atoms with Gasteiger partial charge in [0.15, 0.2) is 0 Å². The zero-order valence-electron chi connectivity index (χ0n) is 11.8. The molecule has 0 bridgehead atoms. The molecule has 106 valence electrons. The van der Waals surface area contributed by atoms with E-state index in [-0.39, 0.29) is 0 Å². The van der Waals surface area contributed by atoms with Crippen molar-refractivity contribution in [1.29, 1.82) is 0 Å². The Morgan fingerprint density at radius 2 is 1.70 bits per heavy atom. The van der Waals surface area contributed by atoms with E-state index in [1.54, 1.807) is 19.5 Å². The minimum Gasteiger partial charge on any atom is -0.497 e. The van der Waals surface area contributed by atoms with E-state index in [1.807, 2.05) is 24.3 Å². The first-order chi connectivity index (χ1) is 9.81. The van der Waals surface area contributed by atoms with Crippen molar-refractivity contribution in [2.24, 2.45) is 0 Å². The predicted octanol–water partition coefficient (Wildman–Crippen LogP) is 2.78. The molecule has 20 heavy (non-hydrogen) atoms. The zero-order chi connectivity index (χ0) is 14.2. The van der Waals surface area contributed by atoms with E-state index in [0.29, 0.717) is 11.8 Å². The third-order valence-electron chi connectivity index (χ3n) is 2.71. The van der Waals surface area contributed by atoms with Crippen LogP contribution < -0.4 is 14.8 Å². The Bertz CT molecular complexity index is 512. The Morgan fingerprint density at radius 1 is 1.05 bits per heavy atom. The molecule has 1 aromatic carbocycles. The summed E-state index contributed by atoms with van der Waals surface area (Å²) in [6.45, 7) is 3.90. The summed E-state index contributed by atoms with van der Waals surface area (Å²) in [6, 6.07) is 7.64. The van der Waals surface area contributed by atoms with Crippen molar-refractivity contribution >= 4 is 0 Å². The Balaban J connectivity index is 1.92. The second kappa shape index (κ2) is 7.45. The van der Waals surface area contributed by atoms with Crippen LogP contribution in [-0.4, -0.2) is 23.6 Å². The topological polar surface area (TPSA) is 56.3 Å². The monoisotopic (exact) mass is 273 g/mol. The molecule has 1 heterocycles. The number of nitrogens with zero attached hydrogens (tertiary/aromatic N) is 2. The maximum absolute atomic E-state index is 5.56. The van der Waals surface area contributed by atoms with E-state index in [4.69, 9.17) is 9.47 Å². The Labute approximate surface area is 119 Å². The highest BCUT2D eigenvalue weighted by Crippen LogP contribution is 2.20. The van der Waals surface area contributed by atoms with E-state index in [2.05, 4.69) is 22.2 Å². The average molecular weight is 273 g/mol. The molecule has 0 unspecified atom stereocenters. The van der Waals surface area contributed by atoms with Gasteiger partial charge >= 0.3 is 6.01 Å². The second-order valence-electron chi connectivity index (χ2n) is 4.33. The lowest BCUT2D eigenvalue weighted by molar-refractivity contribution is 0.410. The first-order valence-electron chi connectivity index (χ1n) is 6.65. The molecule has 0 aliphatic heterocycles. The first-order valence-corrected chi connectivity index (χ1v) is 6.65. The molecule has 0 aliphatic carbocycles. The average Bonchev–Trinajstić information content (AvgIpc) is 2.50. The minimum atomic E-state index is 0.342. The summed E-state index contributed by atoms with van der Waals surface area (Å²) in [6.07, 6.45) is 4.66. The highest BCUT2D eigenvalue weighted by atomic mass is 16.5. The number of rotatable bonds is 7. The molecule has 2 rings (SSSR count). The van der Waals surface area contributed by atoms with Gasteiger partial charge in [-0.05, 0) is 37.2 Å². The molecule has 0 saturated carbocycles. The minimum absolute atomic E-state index is 0.342. The second-order valence-corrected chi connectivity index (χ2v) is 4.33. The van der Waals surface area contributed by atoms with Gasteiger partial charge in [-0.25, -0.2) is 9.97 Å². The molecule has 5 nitrogen and oxygen atoms in total. The predicted molar refractivity (Wildman–Crippen MR) is 77.1 cm³/mol. The molecule has 0 amide bonds. The smallest absolute Gasteiger partial charge is 0.321 e. The molecule has 1 N–H and O–H groups in total. The number of aromatic nitrogens is 2. The summed E-state index contributed by atoms with van der Waals surface area (Å²) in [4.78, 5) is 8.38. The maximum atomic E-state index is 5.56. The van der Waals surface area contributed by atoms with Crippen LogP contribution in [0.15, 0.2) is 36.7 Å². The summed E-state index contributed by atoms with van der Waals surface area (Å²) >= 11 is 0. The fourth-order valence-corrected chi connectivity index (χ4v) is 1.65. The van der Waals surface area contributed by atoms with Gasteiger partial charge < -0.3 is 14.8 Å². The van der Waals surface area contributed by atoms with Crippen molar-refractivity contribution in [1.82, 2.24) is 15.3 Å². The summed E-state index contributed by atoms with van der Waals surface area (Å²) in [5.41, 5.74) is 1.04. The highest BCUT2D eigenvalue weighted by molar-refractivity contribution is 5.32. The lowest BCUT2D eigenvalue weighted by Crippen LogP contribution is -2.14. The lowest BCUT2D eigenvalue weighted by Gasteiger charge is -2.06. The number of benzene rings is 1. The van der Waals surface area contributed by atoms with Gasteiger partial charge in [0.25, 0.3) is 0 Å². The van der Waals surface area contributed by atoms with Crippen molar-refractivity contribution in [3.63, 3.8) is 0 Å². The lowest BCUT2D eigenvalue weighted by atomic mass is 10.3. The summed E-state index contributed by atoms with van der Waals surface area (Å²) in [5.74, 6) is 1.47. The van der Waals surface area contributed by atoms with Crippen molar-refractivity contribution < 1.29 is 9.47 Å². The van der Waals surface area contributed by atoms with Crippen LogP contribution in [0.1, 0.15) is 18.9 Å². The van der Waals surface area contributed by atoms with Gasteiger partial charge in [0.05, 0.1) is 7.11 Å². The number of hydrogen-bond acceptors (Lipinski definition) is 5. The van der Waals surface area contributed by atoms with Crippen molar-refractivity contribution in [3.05, 3.63) is 42.2 Å². The van der Waals surface area contributed by atoms with Gasteiger partial charge in [0.2, 0.25) is 0 Å². The Kier molecular flexibility index (Phi) is 5.32. The van der Waals surface area contributed by atoms with E-state index < -0.39 is 0 Å². The first kappa shape index (κ1) is 14.3. The SMILES string of the molecule is CCCNCc1cnc(Oc2ccc(OC)cc2)nc1. The molecule has 0 atom stereocenters. The molecular formula is C15H19N3O2. The van der Waals surface area contributed by atoms with Crippen LogP contribution in [0.2, 0.25) is 0 Å². The fourth-order valence-electron chi connectivity index (χ4n) is 1.65. The molecule has 0 aliphatic rings. The third-order valence-corrected chi connectivity index (χ3v) is 2.71. The van der Waals surface area contributed by atoms with Gasteiger partial charge in [-0.15, -0.1) is 0 Å². The van der Waals surface area contributed by atoms with Crippen LogP contribution in [-0.2, 0) is 6.54 Å². The van der Waals surface area contributed by atoms with Crippen molar-refractivity contribution in [3.8, 4) is 17.5 Å². The zero-order valence-corrected chi connectivity index (χ0v) is 11.8. The van der Waals surface area contributed by atoms with Crippen LogP contribution >= 0.6 is 0 Å². The van der Waals surface area contributed by atoms with Gasteiger partial charge in [-0.2, -0.15) is 0 Å². The van der Waals surface area contributed by atoms with E-state index in [0.717, 1.165) is 30.8 Å². The quantitative estimate of drug-likeness (QED) is 0.786. The Hall–Kier alpha value is -2.14. The third kappa shape index (κ3) is 4.20. The number of hydrogen-bond donors (Lipinski definition) is 1. The normalized spacial score (nSPS) is 10.3. The molecule has 5 heteroatoms. The summed E-state index contributed by atoms with van der Waals surface area (Å²) < 4.78 is 10.6. The van der Waals surface area contributed by atoms with Gasteiger partial charge in [-0.1, -0.05) is 6.92 Å². The molecule has 0 fully saturated rings. The molecule has 0 radical (unpaired) electrons. The van der Waals surface area contributed by atoms with Crippen molar-refractivity contribution in [2.75, 3.05) is 13.7 Å². The molecule has 1 aromatic heterocycles. The van der Waals surface area contributed by atoms with Crippen LogP contribution in [0.5, 0.6) is 17.5 Å². The van der Waals surface area contributed by atoms with E-state index in [9.17, 15) is 0 Å². The van der Waals surface area contributed by atoms with Gasteiger partial charge in [-0.3, -0.25) is 0 Å². The molecular weight excluding hydrogens is 254 g/mol. The Morgan fingerprint density at radius 3 is 2.30 bits per heavy atom.